The molecule has 1 aromatic rings. The van der Waals surface area contributed by atoms with E-state index in [-0.39, 0.29) is 0 Å². The van der Waals surface area contributed by atoms with E-state index < -0.39 is 0 Å². The maximum atomic E-state index is 5.46. The predicted octanol–water partition coefficient (Wildman–Crippen LogP) is 3.09. The van der Waals surface area contributed by atoms with Crippen LogP contribution >= 0.6 is 0 Å². The molecule has 0 saturated carbocycles. The smallest absolute Gasteiger partial charge is 0.132 e. The SMILES string of the molecule is CCCNc1cc(NCCCOCCC)nc(CC)n1. The molecule has 0 saturated heterocycles. The van der Waals surface area contributed by atoms with Crippen molar-refractivity contribution in [3.05, 3.63) is 11.9 Å². The van der Waals surface area contributed by atoms with E-state index in [9.17, 15) is 0 Å². The molecule has 0 aromatic carbocycles. The first-order chi connectivity index (χ1) is 9.80. The highest BCUT2D eigenvalue weighted by atomic mass is 16.5. The molecule has 2 N–H and O–H groups in total. The maximum absolute atomic E-state index is 5.46. The summed E-state index contributed by atoms with van der Waals surface area (Å²) in [6.07, 6.45) is 3.99. The van der Waals surface area contributed by atoms with E-state index in [4.69, 9.17) is 4.74 Å². The highest BCUT2D eigenvalue weighted by Crippen LogP contribution is 2.12. The summed E-state index contributed by atoms with van der Waals surface area (Å²) in [4.78, 5) is 8.96. The first-order valence-electron chi connectivity index (χ1n) is 7.73. The molecule has 0 aliphatic rings. The Morgan fingerprint density at radius 2 is 1.65 bits per heavy atom. The van der Waals surface area contributed by atoms with Crippen LogP contribution in [-0.2, 0) is 11.2 Å². The number of hydrogen-bond acceptors (Lipinski definition) is 5. The monoisotopic (exact) mass is 280 g/mol. The van der Waals surface area contributed by atoms with Gasteiger partial charge in [-0.15, -0.1) is 0 Å². The maximum Gasteiger partial charge on any atom is 0.132 e. The van der Waals surface area contributed by atoms with E-state index in [1.807, 2.05) is 6.07 Å². The Bertz CT molecular complexity index is 371. The number of aromatic nitrogens is 2. The molecule has 0 aliphatic carbocycles. The standard InChI is InChI=1S/C15H28N4O/c1-4-8-16-14-12-15(19-13(6-3)18-14)17-9-7-11-20-10-5-2/h12H,4-11H2,1-3H3,(H2,16,17,18,19). The summed E-state index contributed by atoms with van der Waals surface area (Å²) in [5, 5.41) is 6.65. The third-order valence-corrected chi connectivity index (χ3v) is 2.76. The van der Waals surface area contributed by atoms with Crippen LogP contribution in [0, 0.1) is 0 Å². The molecule has 1 rings (SSSR count). The van der Waals surface area contributed by atoms with Crippen LogP contribution in [0.4, 0.5) is 11.6 Å². The number of nitrogens with zero attached hydrogens (tertiary/aromatic N) is 2. The zero-order chi connectivity index (χ0) is 14.6. The summed E-state index contributed by atoms with van der Waals surface area (Å²) in [5.74, 6) is 2.67. The number of ether oxygens (including phenoxy) is 1. The van der Waals surface area contributed by atoms with Crippen molar-refractivity contribution in [3.63, 3.8) is 0 Å². The number of aryl methyl sites for hydroxylation is 1. The number of hydrogen-bond donors (Lipinski definition) is 2. The van der Waals surface area contributed by atoms with Crippen molar-refractivity contribution in [1.29, 1.82) is 0 Å². The molecule has 1 heterocycles. The fourth-order valence-corrected chi connectivity index (χ4v) is 1.73. The third-order valence-electron chi connectivity index (χ3n) is 2.76. The summed E-state index contributed by atoms with van der Waals surface area (Å²) in [6.45, 7) is 9.79. The summed E-state index contributed by atoms with van der Waals surface area (Å²) in [6, 6.07) is 1.97. The Balaban J connectivity index is 2.42. The Morgan fingerprint density at radius 3 is 2.25 bits per heavy atom. The van der Waals surface area contributed by atoms with Crippen LogP contribution in [0.3, 0.4) is 0 Å². The van der Waals surface area contributed by atoms with Crippen molar-refractivity contribution in [3.8, 4) is 0 Å². The average Bonchev–Trinajstić information content (AvgIpc) is 2.48. The summed E-state index contributed by atoms with van der Waals surface area (Å²) >= 11 is 0. The Hall–Kier alpha value is -1.36. The largest absolute Gasteiger partial charge is 0.381 e. The van der Waals surface area contributed by atoms with Gasteiger partial charge in [0.1, 0.15) is 17.5 Å². The molecule has 20 heavy (non-hydrogen) atoms. The van der Waals surface area contributed by atoms with Gasteiger partial charge in [-0.1, -0.05) is 20.8 Å². The number of anilines is 2. The van der Waals surface area contributed by atoms with Crippen LogP contribution in [0.1, 0.15) is 45.9 Å². The van der Waals surface area contributed by atoms with E-state index in [0.29, 0.717) is 0 Å². The van der Waals surface area contributed by atoms with Gasteiger partial charge in [-0.2, -0.15) is 0 Å². The quantitative estimate of drug-likeness (QED) is 0.610. The molecule has 5 heteroatoms. The molecule has 0 unspecified atom stereocenters. The van der Waals surface area contributed by atoms with Crippen molar-refractivity contribution >= 4 is 11.6 Å². The van der Waals surface area contributed by atoms with Gasteiger partial charge in [0, 0.05) is 38.8 Å². The van der Waals surface area contributed by atoms with E-state index in [1.165, 1.54) is 0 Å². The lowest BCUT2D eigenvalue weighted by Gasteiger charge is -2.10. The van der Waals surface area contributed by atoms with E-state index >= 15 is 0 Å². The van der Waals surface area contributed by atoms with E-state index in [0.717, 1.165) is 69.4 Å². The average molecular weight is 280 g/mol. The normalized spacial score (nSPS) is 10.6. The minimum atomic E-state index is 0.799. The second-order valence-electron chi connectivity index (χ2n) is 4.73. The van der Waals surface area contributed by atoms with Gasteiger partial charge >= 0.3 is 0 Å². The van der Waals surface area contributed by atoms with Crippen LogP contribution in [-0.4, -0.2) is 36.3 Å². The molecule has 0 atom stereocenters. The van der Waals surface area contributed by atoms with Gasteiger partial charge in [-0.05, 0) is 19.3 Å². The Kier molecular flexibility index (Phi) is 8.71. The summed E-state index contributed by atoms with van der Waals surface area (Å²) < 4.78 is 5.46. The third kappa shape index (κ3) is 6.70. The lowest BCUT2D eigenvalue weighted by molar-refractivity contribution is 0.134. The van der Waals surface area contributed by atoms with Crippen molar-refractivity contribution in [2.45, 2.75) is 46.5 Å². The fourth-order valence-electron chi connectivity index (χ4n) is 1.73. The Labute approximate surface area is 122 Å². The van der Waals surface area contributed by atoms with Crippen molar-refractivity contribution in [1.82, 2.24) is 9.97 Å². The molecule has 5 nitrogen and oxygen atoms in total. The van der Waals surface area contributed by atoms with Crippen molar-refractivity contribution in [2.75, 3.05) is 36.9 Å². The second kappa shape index (κ2) is 10.4. The highest BCUT2D eigenvalue weighted by Gasteiger charge is 2.02. The van der Waals surface area contributed by atoms with Gasteiger partial charge < -0.3 is 15.4 Å². The first kappa shape index (κ1) is 16.7. The van der Waals surface area contributed by atoms with Crippen LogP contribution in [0.5, 0.6) is 0 Å². The van der Waals surface area contributed by atoms with Gasteiger partial charge in [0.05, 0.1) is 0 Å². The van der Waals surface area contributed by atoms with Gasteiger partial charge in [0.25, 0.3) is 0 Å². The van der Waals surface area contributed by atoms with Gasteiger partial charge in [0.2, 0.25) is 0 Å². The fraction of sp³-hybridized carbons (Fsp3) is 0.733. The Morgan fingerprint density at radius 1 is 0.950 bits per heavy atom. The molecule has 0 aliphatic heterocycles. The van der Waals surface area contributed by atoms with Crippen molar-refractivity contribution < 1.29 is 4.74 Å². The molecule has 0 bridgehead atoms. The van der Waals surface area contributed by atoms with E-state index in [2.05, 4.69) is 41.4 Å². The predicted molar refractivity (Wildman–Crippen MR) is 84.4 cm³/mol. The number of rotatable bonds is 11. The number of nitrogens with one attached hydrogen (secondary N) is 2. The van der Waals surface area contributed by atoms with Crippen molar-refractivity contribution in [2.24, 2.45) is 0 Å². The lowest BCUT2D eigenvalue weighted by atomic mass is 10.4. The minimum absolute atomic E-state index is 0.799. The molecular weight excluding hydrogens is 252 g/mol. The van der Waals surface area contributed by atoms with Gasteiger partial charge in [0.15, 0.2) is 0 Å². The molecule has 0 amide bonds. The zero-order valence-corrected chi connectivity index (χ0v) is 13.0. The topological polar surface area (TPSA) is 59.1 Å². The molecular formula is C15H28N4O. The summed E-state index contributed by atoms with van der Waals surface area (Å²) in [5.41, 5.74) is 0. The van der Waals surface area contributed by atoms with Gasteiger partial charge in [-0.25, -0.2) is 9.97 Å². The van der Waals surface area contributed by atoms with Crippen LogP contribution in [0.15, 0.2) is 6.07 Å². The van der Waals surface area contributed by atoms with E-state index in [1.54, 1.807) is 0 Å². The highest BCUT2D eigenvalue weighted by molar-refractivity contribution is 5.47. The first-order valence-corrected chi connectivity index (χ1v) is 7.73. The second-order valence-corrected chi connectivity index (χ2v) is 4.73. The van der Waals surface area contributed by atoms with Crippen LogP contribution < -0.4 is 10.6 Å². The van der Waals surface area contributed by atoms with Crippen LogP contribution in [0.25, 0.3) is 0 Å². The molecule has 0 spiro atoms. The lowest BCUT2D eigenvalue weighted by Crippen LogP contribution is -2.10. The molecule has 114 valence electrons. The summed E-state index contributed by atoms with van der Waals surface area (Å²) in [7, 11) is 0. The van der Waals surface area contributed by atoms with Gasteiger partial charge in [-0.3, -0.25) is 0 Å². The minimum Gasteiger partial charge on any atom is -0.381 e. The molecule has 1 aromatic heterocycles. The molecule has 0 fully saturated rings. The van der Waals surface area contributed by atoms with Crippen LogP contribution in [0.2, 0.25) is 0 Å². The zero-order valence-electron chi connectivity index (χ0n) is 13.0. The molecule has 0 radical (unpaired) electrons.